The molecule has 186 valence electrons. The van der Waals surface area contributed by atoms with Gasteiger partial charge in [-0.3, -0.25) is 4.98 Å². The molecule has 0 unspecified atom stereocenters. The van der Waals surface area contributed by atoms with Crippen LogP contribution in [0.15, 0.2) is 36.5 Å². The monoisotopic (exact) mass is 500 g/mol. The fourth-order valence-corrected chi connectivity index (χ4v) is 4.43. The second-order valence-corrected chi connectivity index (χ2v) is 8.62. The SMILES string of the molecule is CCOC(=O)c1cnc2cc(OCC)c(N3CCN(CC)CC3)cc2c1Nc1ccc(F)c(Cl)c1. The molecule has 2 heterocycles. The Kier molecular flexibility index (Phi) is 7.93. The number of aromatic nitrogens is 1. The summed E-state index contributed by atoms with van der Waals surface area (Å²) in [7, 11) is 0. The molecular formula is C26H30ClFN4O3. The first-order chi connectivity index (χ1) is 16.9. The number of anilines is 3. The van der Waals surface area contributed by atoms with Crippen molar-refractivity contribution >= 4 is 45.5 Å². The minimum atomic E-state index is -0.516. The second kappa shape index (κ2) is 11.1. The summed E-state index contributed by atoms with van der Waals surface area (Å²) < 4.78 is 25.0. The Hall–Kier alpha value is -3.10. The molecule has 1 aromatic heterocycles. The van der Waals surface area contributed by atoms with Gasteiger partial charge in [-0.25, -0.2) is 9.18 Å². The number of halogens is 2. The Bertz CT molecular complexity index is 1210. The van der Waals surface area contributed by atoms with E-state index in [1.165, 1.54) is 18.3 Å². The third-order valence-electron chi connectivity index (χ3n) is 6.09. The van der Waals surface area contributed by atoms with Crippen LogP contribution in [0.25, 0.3) is 10.9 Å². The Morgan fingerprint density at radius 3 is 2.54 bits per heavy atom. The summed E-state index contributed by atoms with van der Waals surface area (Å²) in [6, 6.07) is 8.24. The van der Waals surface area contributed by atoms with E-state index in [9.17, 15) is 9.18 Å². The third kappa shape index (κ3) is 5.44. The largest absolute Gasteiger partial charge is 0.492 e. The highest BCUT2D eigenvalue weighted by Gasteiger charge is 2.23. The van der Waals surface area contributed by atoms with E-state index >= 15 is 0 Å². The van der Waals surface area contributed by atoms with E-state index in [0.717, 1.165) is 49.5 Å². The number of nitrogens with zero attached hydrogens (tertiary/aromatic N) is 3. The van der Waals surface area contributed by atoms with E-state index in [2.05, 4.69) is 27.0 Å². The lowest BCUT2D eigenvalue weighted by Gasteiger charge is -2.36. The van der Waals surface area contributed by atoms with Crippen molar-refractivity contribution in [1.29, 1.82) is 0 Å². The van der Waals surface area contributed by atoms with Gasteiger partial charge in [0.15, 0.2) is 0 Å². The molecule has 0 spiro atoms. The van der Waals surface area contributed by atoms with Crippen molar-refractivity contribution in [2.24, 2.45) is 0 Å². The van der Waals surface area contributed by atoms with Crippen molar-refractivity contribution in [3.05, 3.63) is 52.9 Å². The van der Waals surface area contributed by atoms with Gasteiger partial charge < -0.3 is 24.6 Å². The Morgan fingerprint density at radius 2 is 1.89 bits per heavy atom. The molecule has 2 aromatic carbocycles. The highest BCUT2D eigenvalue weighted by Crippen LogP contribution is 2.39. The maximum Gasteiger partial charge on any atom is 0.341 e. The van der Waals surface area contributed by atoms with Crippen molar-refractivity contribution in [3.8, 4) is 5.75 Å². The number of esters is 1. The predicted molar refractivity (Wildman–Crippen MR) is 138 cm³/mol. The topological polar surface area (TPSA) is 66.9 Å². The number of ether oxygens (including phenoxy) is 2. The fraction of sp³-hybridized carbons (Fsp3) is 0.385. The molecule has 0 atom stereocenters. The van der Waals surface area contributed by atoms with Crippen LogP contribution in [0, 0.1) is 5.82 Å². The van der Waals surface area contributed by atoms with Crippen LogP contribution in [-0.4, -0.2) is 61.8 Å². The Morgan fingerprint density at radius 1 is 1.11 bits per heavy atom. The summed E-state index contributed by atoms with van der Waals surface area (Å²) in [5.41, 5.74) is 2.95. The predicted octanol–water partition coefficient (Wildman–Crippen LogP) is 5.49. The zero-order valence-electron chi connectivity index (χ0n) is 20.2. The standard InChI is InChI=1S/C26H30ClFN4O3/c1-4-31-9-11-32(12-10-31)23-14-18-22(15-24(23)34-5-2)29-16-19(26(33)35-6-3)25(18)30-17-7-8-21(28)20(27)13-17/h7-8,13-16H,4-6,9-12H2,1-3H3,(H,29,30). The van der Waals surface area contributed by atoms with E-state index in [0.29, 0.717) is 23.5 Å². The molecule has 1 saturated heterocycles. The summed E-state index contributed by atoms with van der Waals surface area (Å²) in [4.78, 5) is 22.1. The lowest BCUT2D eigenvalue weighted by molar-refractivity contribution is 0.0527. The summed E-state index contributed by atoms with van der Waals surface area (Å²) in [6.07, 6.45) is 1.49. The smallest absolute Gasteiger partial charge is 0.341 e. The van der Waals surface area contributed by atoms with Gasteiger partial charge in [0.1, 0.15) is 17.1 Å². The average molecular weight is 501 g/mol. The van der Waals surface area contributed by atoms with Crippen LogP contribution in [0.3, 0.4) is 0 Å². The summed E-state index contributed by atoms with van der Waals surface area (Å²) in [5.74, 6) is -0.265. The van der Waals surface area contributed by atoms with Gasteiger partial charge in [-0.15, -0.1) is 0 Å². The number of hydrogen-bond donors (Lipinski definition) is 1. The quantitative estimate of drug-likeness (QED) is 0.410. The van der Waals surface area contributed by atoms with E-state index in [4.69, 9.17) is 21.1 Å². The molecule has 0 aliphatic carbocycles. The van der Waals surface area contributed by atoms with E-state index in [1.54, 1.807) is 13.0 Å². The van der Waals surface area contributed by atoms with E-state index in [1.807, 2.05) is 19.1 Å². The van der Waals surface area contributed by atoms with Gasteiger partial charge in [0.05, 0.1) is 35.1 Å². The number of carbonyl (C=O) groups excluding carboxylic acids is 1. The number of hydrogen-bond acceptors (Lipinski definition) is 7. The zero-order valence-corrected chi connectivity index (χ0v) is 21.0. The minimum Gasteiger partial charge on any atom is -0.492 e. The normalized spacial score (nSPS) is 14.3. The lowest BCUT2D eigenvalue weighted by atomic mass is 10.1. The van der Waals surface area contributed by atoms with Crippen LogP contribution in [0.1, 0.15) is 31.1 Å². The van der Waals surface area contributed by atoms with Crippen LogP contribution >= 0.6 is 11.6 Å². The molecule has 0 bridgehead atoms. The van der Waals surface area contributed by atoms with E-state index < -0.39 is 11.8 Å². The van der Waals surface area contributed by atoms with Crippen molar-refractivity contribution < 1.29 is 18.7 Å². The molecule has 1 aliphatic heterocycles. The van der Waals surface area contributed by atoms with Crippen molar-refractivity contribution in [2.75, 3.05) is 56.2 Å². The summed E-state index contributed by atoms with van der Waals surface area (Å²) in [6.45, 7) is 11.3. The first kappa shape index (κ1) is 25.0. The maximum atomic E-state index is 13.8. The fourth-order valence-electron chi connectivity index (χ4n) is 4.25. The first-order valence-electron chi connectivity index (χ1n) is 11.9. The second-order valence-electron chi connectivity index (χ2n) is 8.21. The maximum absolute atomic E-state index is 13.8. The number of carbonyl (C=O) groups is 1. The summed E-state index contributed by atoms with van der Waals surface area (Å²) in [5, 5.41) is 3.98. The van der Waals surface area contributed by atoms with Gasteiger partial charge in [0, 0.05) is 49.5 Å². The average Bonchev–Trinajstić information content (AvgIpc) is 2.86. The zero-order chi connectivity index (χ0) is 24.9. The number of fused-ring (bicyclic) bond motifs is 1. The van der Waals surface area contributed by atoms with Crippen molar-refractivity contribution in [2.45, 2.75) is 20.8 Å². The van der Waals surface area contributed by atoms with Gasteiger partial charge in [-0.05, 0) is 44.7 Å². The number of piperazine rings is 1. The molecule has 1 fully saturated rings. The number of rotatable bonds is 8. The number of nitrogens with one attached hydrogen (secondary N) is 1. The molecule has 0 radical (unpaired) electrons. The molecule has 1 aliphatic rings. The van der Waals surface area contributed by atoms with Crippen LogP contribution in [0.4, 0.5) is 21.5 Å². The molecular weight excluding hydrogens is 471 g/mol. The number of benzene rings is 2. The van der Waals surface area contributed by atoms with Crippen molar-refractivity contribution in [1.82, 2.24) is 9.88 Å². The molecule has 3 aromatic rings. The molecule has 35 heavy (non-hydrogen) atoms. The van der Waals surface area contributed by atoms with Gasteiger partial charge in [-0.1, -0.05) is 18.5 Å². The van der Waals surface area contributed by atoms with Crippen molar-refractivity contribution in [3.63, 3.8) is 0 Å². The van der Waals surface area contributed by atoms with Crippen LogP contribution < -0.4 is 15.0 Å². The lowest BCUT2D eigenvalue weighted by Crippen LogP contribution is -2.46. The molecule has 9 heteroatoms. The van der Waals surface area contributed by atoms with Gasteiger partial charge in [0.25, 0.3) is 0 Å². The Balaban J connectivity index is 1.86. The van der Waals surface area contributed by atoms with Gasteiger partial charge in [-0.2, -0.15) is 0 Å². The highest BCUT2D eigenvalue weighted by atomic mass is 35.5. The Labute approximate surface area is 209 Å². The summed E-state index contributed by atoms with van der Waals surface area (Å²) >= 11 is 6.01. The number of likely N-dealkylation sites (N-methyl/N-ethyl adjacent to an activating group) is 1. The highest BCUT2D eigenvalue weighted by molar-refractivity contribution is 6.31. The molecule has 1 N–H and O–H groups in total. The van der Waals surface area contributed by atoms with E-state index in [-0.39, 0.29) is 17.2 Å². The minimum absolute atomic E-state index is 0.0147. The van der Waals surface area contributed by atoms with Crippen LogP contribution in [0.2, 0.25) is 5.02 Å². The van der Waals surface area contributed by atoms with Gasteiger partial charge >= 0.3 is 5.97 Å². The molecule has 0 saturated carbocycles. The van der Waals surface area contributed by atoms with Crippen LogP contribution in [0.5, 0.6) is 5.75 Å². The number of pyridine rings is 1. The third-order valence-corrected chi connectivity index (χ3v) is 6.38. The first-order valence-corrected chi connectivity index (χ1v) is 12.3. The molecule has 0 amide bonds. The van der Waals surface area contributed by atoms with Crippen LogP contribution in [-0.2, 0) is 4.74 Å². The molecule has 7 nitrogen and oxygen atoms in total. The van der Waals surface area contributed by atoms with Gasteiger partial charge in [0.2, 0.25) is 0 Å². The molecule has 4 rings (SSSR count).